The van der Waals surface area contributed by atoms with E-state index in [1.54, 1.807) is 0 Å². The van der Waals surface area contributed by atoms with Crippen molar-refractivity contribution in [3.63, 3.8) is 0 Å². The molecule has 2 heterocycles. The highest BCUT2D eigenvalue weighted by molar-refractivity contribution is 8.22. The first-order valence-corrected chi connectivity index (χ1v) is 10.0. The second-order valence-electron chi connectivity index (χ2n) is 5.67. The minimum absolute atomic E-state index is 0.841. The Labute approximate surface area is 141 Å². The van der Waals surface area contributed by atoms with Crippen LogP contribution in [-0.2, 0) is 6.42 Å². The first-order valence-electron chi connectivity index (χ1n) is 7.61. The topological polar surface area (TPSA) is 6.48 Å². The molecule has 0 saturated carbocycles. The summed E-state index contributed by atoms with van der Waals surface area (Å²) < 4.78 is 1.07. The quantitative estimate of drug-likeness (QED) is 0.753. The number of nitrogens with zero attached hydrogens (tertiary/aromatic N) is 2. The van der Waals surface area contributed by atoms with Crippen LogP contribution in [0.5, 0.6) is 0 Å². The van der Waals surface area contributed by atoms with E-state index in [-0.39, 0.29) is 0 Å². The molecule has 3 rings (SSSR count). The molecule has 0 radical (unpaired) electrons. The van der Waals surface area contributed by atoms with Crippen molar-refractivity contribution in [2.24, 2.45) is 0 Å². The highest BCUT2D eigenvalue weighted by atomic mass is 32.2. The predicted octanol–water partition coefficient (Wildman–Crippen LogP) is 3.68. The van der Waals surface area contributed by atoms with Gasteiger partial charge < -0.3 is 4.90 Å². The SMILES string of the molecule is S=C1SCN(CC2CCCS2)CN1CCc1ccccc1. The summed E-state index contributed by atoms with van der Waals surface area (Å²) in [6.07, 6.45) is 3.86. The largest absolute Gasteiger partial charge is 0.344 e. The maximum atomic E-state index is 5.54. The lowest BCUT2D eigenvalue weighted by Gasteiger charge is -2.37. The minimum atomic E-state index is 0.841. The fourth-order valence-electron chi connectivity index (χ4n) is 2.84. The monoisotopic (exact) mass is 338 g/mol. The Balaban J connectivity index is 1.50. The maximum absolute atomic E-state index is 5.54. The molecule has 2 aliphatic heterocycles. The van der Waals surface area contributed by atoms with E-state index in [2.05, 4.69) is 51.9 Å². The van der Waals surface area contributed by atoms with Gasteiger partial charge >= 0.3 is 0 Å². The van der Waals surface area contributed by atoms with Crippen molar-refractivity contribution in [1.82, 2.24) is 9.80 Å². The molecule has 5 heteroatoms. The van der Waals surface area contributed by atoms with Crippen LogP contribution < -0.4 is 0 Å². The van der Waals surface area contributed by atoms with E-state index in [1.807, 2.05) is 11.8 Å². The third kappa shape index (κ3) is 4.62. The van der Waals surface area contributed by atoms with Gasteiger partial charge in [0.2, 0.25) is 0 Å². The number of hydrogen-bond donors (Lipinski definition) is 0. The van der Waals surface area contributed by atoms with E-state index in [0.29, 0.717) is 0 Å². The standard InChI is InChI=1S/C16H22N2S3/c19-16-18(9-8-14-5-2-1-3-6-14)12-17(13-21-16)11-15-7-4-10-20-15/h1-3,5-6,15H,4,7-13H2. The van der Waals surface area contributed by atoms with Gasteiger partial charge in [-0.15, -0.1) is 0 Å². The lowest BCUT2D eigenvalue weighted by molar-refractivity contribution is 0.213. The van der Waals surface area contributed by atoms with Gasteiger partial charge in [-0.2, -0.15) is 11.8 Å². The first-order chi connectivity index (χ1) is 10.3. The predicted molar refractivity (Wildman–Crippen MR) is 99.0 cm³/mol. The Morgan fingerprint density at radius 3 is 2.86 bits per heavy atom. The molecule has 0 aromatic heterocycles. The van der Waals surface area contributed by atoms with Crippen LogP contribution in [0.25, 0.3) is 0 Å². The molecule has 2 aliphatic rings. The molecule has 2 nitrogen and oxygen atoms in total. The van der Waals surface area contributed by atoms with Crippen LogP contribution in [0.2, 0.25) is 0 Å². The van der Waals surface area contributed by atoms with E-state index >= 15 is 0 Å². The number of hydrogen-bond acceptors (Lipinski definition) is 4. The molecule has 0 spiro atoms. The fraction of sp³-hybridized carbons (Fsp3) is 0.562. The Kier molecular flexibility index (Phi) is 5.86. The van der Waals surface area contributed by atoms with Crippen LogP contribution in [0.1, 0.15) is 18.4 Å². The molecule has 21 heavy (non-hydrogen) atoms. The third-order valence-corrected chi connectivity index (χ3v) is 6.99. The molecule has 0 amide bonds. The second kappa shape index (κ2) is 7.86. The second-order valence-corrected chi connectivity index (χ2v) is 8.66. The van der Waals surface area contributed by atoms with E-state index in [9.17, 15) is 0 Å². The van der Waals surface area contributed by atoms with E-state index in [1.165, 1.54) is 30.7 Å². The van der Waals surface area contributed by atoms with Crippen molar-refractivity contribution in [1.29, 1.82) is 0 Å². The van der Waals surface area contributed by atoms with Gasteiger partial charge in [-0.05, 0) is 30.6 Å². The molecule has 2 saturated heterocycles. The summed E-state index contributed by atoms with van der Waals surface area (Å²) in [4.78, 5) is 4.94. The van der Waals surface area contributed by atoms with Crippen molar-refractivity contribution in [3.05, 3.63) is 35.9 Å². The summed E-state index contributed by atoms with van der Waals surface area (Å²) in [6.45, 7) is 3.27. The molecule has 1 atom stereocenters. The Bertz CT molecular complexity index is 460. The zero-order chi connectivity index (χ0) is 14.5. The molecule has 0 aliphatic carbocycles. The smallest absolute Gasteiger partial charge is 0.138 e. The fourth-order valence-corrected chi connectivity index (χ4v) is 5.27. The first kappa shape index (κ1) is 15.7. The number of benzene rings is 1. The lowest BCUT2D eigenvalue weighted by atomic mass is 10.1. The van der Waals surface area contributed by atoms with Crippen LogP contribution in [-0.4, -0.2) is 50.8 Å². The zero-order valence-electron chi connectivity index (χ0n) is 12.2. The molecule has 0 N–H and O–H groups in total. The molecule has 1 aromatic rings. The van der Waals surface area contributed by atoms with Crippen molar-refractivity contribution < 1.29 is 0 Å². The van der Waals surface area contributed by atoms with Crippen LogP contribution in [0.3, 0.4) is 0 Å². The van der Waals surface area contributed by atoms with Crippen molar-refractivity contribution in [2.45, 2.75) is 24.5 Å². The van der Waals surface area contributed by atoms with Gasteiger partial charge in [0.15, 0.2) is 0 Å². The molecule has 2 fully saturated rings. The average molecular weight is 339 g/mol. The number of thiocarbonyl (C=S) groups is 1. The summed E-state index contributed by atoms with van der Waals surface area (Å²) in [5, 5.41) is 0.841. The average Bonchev–Trinajstić information content (AvgIpc) is 3.02. The van der Waals surface area contributed by atoms with Gasteiger partial charge in [-0.25, -0.2) is 0 Å². The van der Waals surface area contributed by atoms with E-state index in [0.717, 1.165) is 35.1 Å². The summed E-state index contributed by atoms with van der Waals surface area (Å²) in [5.74, 6) is 2.42. The van der Waals surface area contributed by atoms with E-state index in [4.69, 9.17) is 12.2 Å². The van der Waals surface area contributed by atoms with Crippen molar-refractivity contribution >= 4 is 40.1 Å². The molecular formula is C16H22N2S3. The zero-order valence-corrected chi connectivity index (χ0v) is 14.7. The van der Waals surface area contributed by atoms with Gasteiger partial charge in [0, 0.05) is 18.3 Å². The van der Waals surface area contributed by atoms with Crippen LogP contribution in [0.15, 0.2) is 30.3 Å². The summed E-state index contributed by atoms with van der Waals surface area (Å²) in [5.41, 5.74) is 1.40. The van der Waals surface area contributed by atoms with Gasteiger partial charge in [0.25, 0.3) is 0 Å². The highest BCUT2D eigenvalue weighted by Gasteiger charge is 2.25. The van der Waals surface area contributed by atoms with Crippen LogP contribution in [0, 0.1) is 0 Å². The summed E-state index contributed by atoms with van der Waals surface area (Å²) in [6, 6.07) is 10.7. The molecular weight excluding hydrogens is 316 g/mol. The summed E-state index contributed by atoms with van der Waals surface area (Å²) in [7, 11) is 0. The van der Waals surface area contributed by atoms with E-state index < -0.39 is 0 Å². The van der Waals surface area contributed by atoms with Crippen molar-refractivity contribution in [3.8, 4) is 0 Å². The number of thioether (sulfide) groups is 2. The highest BCUT2D eigenvalue weighted by Crippen LogP contribution is 2.28. The number of rotatable bonds is 5. The molecule has 1 aromatic carbocycles. The summed E-state index contributed by atoms with van der Waals surface area (Å²) >= 11 is 9.51. The third-order valence-electron chi connectivity index (χ3n) is 4.00. The van der Waals surface area contributed by atoms with Gasteiger partial charge in [-0.1, -0.05) is 54.3 Å². The van der Waals surface area contributed by atoms with Gasteiger partial charge in [-0.3, -0.25) is 4.90 Å². The van der Waals surface area contributed by atoms with Crippen molar-refractivity contribution in [2.75, 3.05) is 31.4 Å². The van der Waals surface area contributed by atoms with Gasteiger partial charge in [0.05, 0.1) is 12.5 Å². The Hall–Kier alpha value is -0.230. The van der Waals surface area contributed by atoms with Crippen LogP contribution in [0.4, 0.5) is 0 Å². The van der Waals surface area contributed by atoms with Crippen LogP contribution >= 0.6 is 35.7 Å². The Morgan fingerprint density at radius 1 is 1.24 bits per heavy atom. The molecule has 0 bridgehead atoms. The molecule has 114 valence electrons. The minimum Gasteiger partial charge on any atom is -0.344 e. The normalized spacial score (nSPS) is 23.7. The van der Waals surface area contributed by atoms with Gasteiger partial charge in [0.1, 0.15) is 4.32 Å². The maximum Gasteiger partial charge on any atom is 0.138 e. The lowest BCUT2D eigenvalue weighted by Crippen LogP contribution is -2.47. The molecule has 1 unspecified atom stereocenters. The Morgan fingerprint density at radius 2 is 2.10 bits per heavy atom.